The molecule has 1 atom stereocenters. The molecule has 0 radical (unpaired) electrons. The van der Waals surface area contributed by atoms with E-state index < -0.39 is 36.9 Å². The van der Waals surface area contributed by atoms with E-state index in [1.807, 2.05) is 30.3 Å². The van der Waals surface area contributed by atoms with Gasteiger partial charge in [-0.05, 0) is 31.2 Å². The normalized spacial score (nSPS) is 11.8. The Morgan fingerprint density at radius 3 is 2.63 bits per heavy atom. The lowest BCUT2D eigenvalue weighted by Gasteiger charge is -2.12. The second-order valence-electron chi connectivity index (χ2n) is 5.86. The molecule has 7 heteroatoms. The monoisotopic (exact) mass is 371 g/mol. The van der Waals surface area contributed by atoms with Crippen LogP contribution >= 0.6 is 0 Å². The summed E-state index contributed by atoms with van der Waals surface area (Å²) < 4.78 is 28.9. The van der Waals surface area contributed by atoms with Crippen LogP contribution in [0.15, 0.2) is 59.0 Å². The van der Waals surface area contributed by atoms with E-state index in [1.165, 1.54) is 18.2 Å². The van der Waals surface area contributed by atoms with E-state index in [0.717, 1.165) is 11.0 Å². The molecular formula is C20H18FNO5. The number of halogens is 1. The lowest BCUT2D eigenvalue weighted by molar-refractivity contribution is -0.150. The van der Waals surface area contributed by atoms with Crippen LogP contribution in [-0.2, 0) is 14.3 Å². The van der Waals surface area contributed by atoms with Crippen molar-refractivity contribution in [2.24, 2.45) is 0 Å². The molecule has 1 heterocycles. The predicted octanol–water partition coefficient (Wildman–Crippen LogP) is 3.37. The van der Waals surface area contributed by atoms with Crippen LogP contribution in [0, 0.1) is 5.82 Å². The molecule has 0 unspecified atom stereocenters. The third kappa shape index (κ3) is 4.84. The Balaban J connectivity index is 1.44. The van der Waals surface area contributed by atoms with Crippen molar-refractivity contribution in [1.82, 2.24) is 5.32 Å². The highest BCUT2D eigenvalue weighted by Crippen LogP contribution is 2.23. The summed E-state index contributed by atoms with van der Waals surface area (Å²) in [6.45, 7) is 0.802. The first-order valence-corrected chi connectivity index (χ1v) is 8.33. The number of para-hydroxylation sites is 2. The van der Waals surface area contributed by atoms with Crippen molar-refractivity contribution in [3.8, 4) is 5.75 Å². The minimum atomic E-state index is -0.773. The first-order chi connectivity index (χ1) is 13.0. The highest BCUT2D eigenvalue weighted by atomic mass is 19.1. The molecule has 27 heavy (non-hydrogen) atoms. The third-order valence-corrected chi connectivity index (χ3v) is 3.80. The number of benzene rings is 2. The van der Waals surface area contributed by atoms with Crippen LogP contribution in [0.5, 0.6) is 5.75 Å². The SMILES string of the molecule is C[C@@H](NC(=O)COC(=O)COc1ccccc1F)c1cc2ccccc2o1. The molecule has 140 valence electrons. The number of fused-ring (bicyclic) bond motifs is 1. The summed E-state index contributed by atoms with van der Waals surface area (Å²) in [7, 11) is 0. The summed E-state index contributed by atoms with van der Waals surface area (Å²) in [6.07, 6.45) is 0. The molecular weight excluding hydrogens is 353 g/mol. The number of carbonyl (C=O) groups is 2. The molecule has 0 spiro atoms. The fraction of sp³-hybridized carbons (Fsp3) is 0.200. The summed E-state index contributed by atoms with van der Waals surface area (Å²) in [5.74, 6) is -1.30. The number of nitrogens with one attached hydrogen (secondary N) is 1. The first-order valence-electron chi connectivity index (χ1n) is 8.33. The van der Waals surface area contributed by atoms with Gasteiger partial charge in [0, 0.05) is 5.39 Å². The Morgan fingerprint density at radius 1 is 1.11 bits per heavy atom. The number of furan rings is 1. The Kier molecular flexibility index (Phi) is 5.71. The molecule has 3 aromatic rings. The molecule has 0 aliphatic carbocycles. The van der Waals surface area contributed by atoms with Crippen LogP contribution in [0.3, 0.4) is 0 Å². The van der Waals surface area contributed by atoms with Gasteiger partial charge < -0.3 is 19.2 Å². The van der Waals surface area contributed by atoms with Gasteiger partial charge in [0.1, 0.15) is 11.3 Å². The van der Waals surface area contributed by atoms with Gasteiger partial charge in [-0.15, -0.1) is 0 Å². The Labute approximate surface area is 154 Å². The predicted molar refractivity (Wildman–Crippen MR) is 95.6 cm³/mol. The van der Waals surface area contributed by atoms with E-state index in [4.69, 9.17) is 13.9 Å². The highest BCUT2D eigenvalue weighted by Gasteiger charge is 2.16. The molecule has 0 aliphatic rings. The Hall–Kier alpha value is -3.35. The fourth-order valence-electron chi connectivity index (χ4n) is 2.46. The van der Waals surface area contributed by atoms with Crippen molar-refractivity contribution in [2.45, 2.75) is 13.0 Å². The van der Waals surface area contributed by atoms with Crippen molar-refractivity contribution in [3.05, 3.63) is 66.2 Å². The molecule has 0 aliphatic heterocycles. The maximum absolute atomic E-state index is 13.4. The summed E-state index contributed by atoms with van der Waals surface area (Å²) >= 11 is 0. The van der Waals surface area contributed by atoms with Gasteiger partial charge in [-0.1, -0.05) is 30.3 Å². The molecule has 0 saturated carbocycles. The molecule has 2 aromatic carbocycles. The molecule has 3 rings (SSSR count). The minimum absolute atomic E-state index is 0.0580. The van der Waals surface area contributed by atoms with Crippen molar-refractivity contribution < 1.29 is 27.9 Å². The summed E-state index contributed by atoms with van der Waals surface area (Å²) in [6, 6.07) is 14.7. The Morgan fingerprint density at radius 2 is 1.85 bits per heavy atom. The van der Waals surface area contributed by atoms with E-state index in [2.05, 4.69) is 5.32 Å². The zero-order chi connectivity index (χ0) is 19.2. The largest absolute Gasteiger partial charge is 0.479 e. The van der Waals surface area contributed by atoms with Gasteiger partial charge in [0.25, 0.3) is 5.91 Å². The third-order valence-electron chi connectivity index (χ3n) is 3.80. The number of rotatable bonds is 7. The van der Waals surface area contributed by atoms with Crippen LogP contribution in [0.25, 0.3) is 11.0 Å². The van der Waals surface area contributed by atoms with E-state index >= 15 is 0 Å². The average molecular weight is 371 g/mol. The standard InChI is InChI=1S/C20H18FNO5/c1-13(18-10-14-6-2-4-8-16(14)27-18)22-19(23)11-26-20(24)12-25-17-9-5-3-7-15(17)21/h2-10,13H,11-12H2,1H3,(H,22,23)/t13-/m1/s1. The number of amides is 1. The van der Waals surface area contributed by atoms with E-state index in [0.29, 0.717) is 5.76 Å². The molecule has 6 nitrogen and oxygen atoms in total. The van der Waals surface area contributed by atoms with Gasteiger partial charge >= 0.3 is 5.97 Å². The first kappa shape index (κ1) is 18.4. The molecule has 0 bridgehead atoms. The maximum Gasteiger partial charge on any atom is 0.344 e. The number of hydrogen-bond donors (Lipinski definition) is 1. The van der Waals surface area contributed by atoms with Gasteiger partial charge in [-0.3, -0.25) is 4.79 Å². The van der Waals surface area contributed by atoms with Crippen molar-refractivity contribution in [1.29, 1.82) is 0 Å². The van der Waals surface area contributed by atoms with Crippen LogP contribution in [0.2, 0.25) is 0 Å². The van der Waals surface area contributed by atoms with Crippen molar-refractivity contribution >= 4 is 22.8 Å². The zero-order valence-corrected chi connectivity index (χ0v) is 14.6. The van der Waals surface area contributed by atoms with E-state index in [9.17, 15) is 14.0 Å². The van der Waals surface area contributed by atoms with Gasteiger partial charge in [0.05, 0.1) is 6.04 Å². The van der Waals surface area contributed by atoms with Crippen LogP contribution in [0.4, 0.5) is 4.39 Å². The number of carbonyl (C=O) groups excluding carboxylic acids is 2. The second-order valence-corrected chi connectivity index (χ2v) is 5.86. The van der Waals surface area contributed by atoms with Crippen molar-refractivity contribution in [3.63, 3.8) is 0 Å². The van der Waals surface area contributed by atoms with E-state index in [1.54, 1.807) is 13.0 Å². The number of esters is 1. The average Bonchev–Trinajstić information content (AvgIpc) is 3.10. The van der Waals surface area contributed by atoms with Crippen molar-refractivity contribution in [2.75, 3.05) is 13.2 Å². The maximum atomic E-state index is 13.4. The molecule has 1 amide bonds. The minimum Gasteiger partial charge on any atom is -0.479 e. The van der Waals surface area contributed by atoms with Crippen LogP contribution in [0.1, 0.15) is 18.7 Å². The molecule has 0 saturated heterocycles. The summed E-state index contributed by atoms with van der Waals surface area (Å²) in [5.41, 5.74) is 0.727. The Bertz CT molecular complexity index is 919. The smallest absolute Gasteiger partial charge is 0.344 e. The fourth-order valence-corrected chi connectivity index (χ4v) is 2.46. The summed E-state index contributed by atoms with van der Waals surface area (Å²) in [5, 5.41) is 3.62. The van der Waals surface area contributed by atoms with Gasteiger partial charge in [-0.2, -0.15) is 0 Å². The zero-order valence-electron chi connectivity index (χ0n) is 14.6. The van der Waals surface area contributed by atoms with Crippen LogP contribution in [-0.4, -0.2) is 25.1 Å². The van der Waals surface area contributed by atoms with Gasteiger partial charge in [0.15, 0.2) is 24.8 Å². The second kappa shape index (κ2) is 8.35. The number of ether oxygens (including phenoxy) is 2. The number of hydrogen-bond acceptors (Lipinski definition) is 5. The van der Waals surface area contributed by atoms with E-state index in [-0.39, 0.29) is 5.75 Å². The lowest BCUT2D eigenvalue weighted by Crippen LogP contribution is -2.31. The van der Waals surface area contributed by atoms with Gasteiger partial charge in [0.2, 0.25) is 0 Å². The summed E-state index contributed by atoms with van der Waals surface area (Å²) in [4.78, 5) is 23.6. The topological polar surface area (TPSA) is 77.8 Å². The quantitative estimate of drug-likeness (QED) is 0.645. The molecule has 1 N–H and O–H groups in total. The molecule has 1 aromatic heterocycles. The van der Waals surface area contributed by atoms with Crippen LogP contribution < -0.4 is 10.1 Å². The van der Waals surface area contributed by atoms with Gasteiger partial charge in [-0.25, -0.2) is 9.18 Å². The highest BCUT2D eigenvalue weighted by molar-refractivity contribution is 5.82. The lowest BCUT2D eigenvalue weighted by atomic mass is 10.2. The molecule has 0 fully saturated rings.